The second kappa shape index (κ2) is 7.66. The van der Waals surface area contributed by atoms with Crippen LogP contribution in [0.1, 0.15) is 51.9 Å². The van der Waals surface area contributed by atoms with E-state index in [1.165, 1.54) is 25.7 Å². The average molecular weight is 227 g/mol. The Morgan fingerprint density at radius 3 is 2.31 bits per heavy atom. The highest BCUT2D eigenvalue weighted by molar-refractivity contribution is 5.78. The van der Waals surface area contributed by atoms with Gasteiger partial charge >= 0.3 is 0 Å². The van der Waals surface area contributed by atoms with E-state index in [0.29, 0.717) is 6.54 Å². The topological polar surface area (TPSA) is 40.5 Å². The summed E-state index contributed by atoms with van der Waals surface area (Å²) in [7, 11) is 0. The number of nitrogens with zero attached hydrogens (tertiary/aromatic N) is 1. The zero-order valence-electron chi connectivity index (χ0n) is 10.5. The fraction of sp³-hybridized carbons (Fsp3) is 0.923. The Bertz CT molecular complexity index is 188. The monoisotopic (exact) mass is 227 g/mol. The number of aliphatic hydroxyl groups excluding tert-OH is 1. The fourth-order valence-electron chi connectivity index (χ4n) is 2.51. The molecule has 1 N–H and O–H groups in total. The highest BCUT2D eigenvalue weighted by Crippen LogP contribution is 2.24. The number of rotatable bonds is 5. The van der Waals surface area contributed by atoms with Gasteiger partial charge in [-0.25, -0.2) is 0 Å². The molecule has 3 nitrogen and oxygen atoms in total. The molecule has 0 aromatic carbocycles. The molecule has 94 valence electrons. The predicted molar refractivity (Wildman–Crippen MR) is 65.1 cm³/mol. The maximum Gasteiger partial charge on any atom is 0.225 e. The Kier molecular flexibility index (Phi) is 6.46. The van der Waals surface area contributed by atoms with Gasteiger partial charge in [-0.3, -0.25) is 4.79 Å². The Labute approximate surface area is 98.8 Å². The van der Waals surface area contributed by atoms with Gasteiger partial charge in [0.1, 0.15) is 0 Å². The first-order chi connectivity index (χ1) is 7.79. The summed E-state index contributed by atoms with van der Waals surface area (Å²) in [5.41, 5.74) is 0. The normalized spacial score (nSPS) is 18.1. The van der Waals surface area contributed by atoms with E-state index < -0.39 is 0 Å². The van der Waals surface area contributed by atoms with Crippen molar-refractivity contribution in [3.05, 3.63) is 0 Å². The van der Waals surface area contributed by atoms with Crippen molar-refractivity contribution in [2.24, 2.45) is 5.92 Å². The number of amides is 1. The molecule has 0 radical (unpaired) electrons. The van der Waals surface area contributed by atoms with E-state index in [-0.39, 0.29) is 18.4 Å². The van der Waals surface area contributed by atoms with E-state index >= 15 is 0 Å². The number of hydrogen-bond acceptors (Lipinski definition) is 2. The smallest absolute Gasteiger partial charge is 0.225 e. The summed E-state index contributed by atoms with van der Waals surface area (Å²) < 4.78 is 0. The minimum atomic E-state index is 0.0818. The molecule has 1 amide bonds. The van der Waals surface area contributed by atoms with Crippen molar-refractivity contribution in [3.8, 4) is 0 Å². The largest absolute Gasteiger partial charge is 0.395 e. The summed E-state index contributed by atoms with van der Waals surface area (Å²) in [5, 5.41) is 8.97. The molecule has 0 aromatic rings. The van der Waals surface area contributed by atoms with Gasteiger partial charge in [0.05, 0.1) is 6.61 Å². The fourth-order valence-corrected chi connectivity index (χ4v) is 2.51. The van der Waals surface area contributed by atoms with Crippen molar-refractivity contribution in [2.75, 3.05) is 19.7 Å². The Balaban J connectivity index is 2.49. The maximum absolute atomic E-state index is 12.2. The van der Waals surface area contributed by atoms with E-state index in [1.807, 2.05) is 4.90 Å². The van der Waals surface area contributed by atoms with Crippen LogP contribution in [0.5, 0.6) is 0 Å². The first-order valence-corrected chi connectivity index (χ1v) is 6.69. The molecule has 0 heterocycles. The van der Waals surface area contributed by atoms with Crippen molar-refractivity contribution in [1.82, 2.24) is 4.90 Å². The van der Waals surface area contributed by atoms with Gasteiger partial charge in [0.25, 0.3) is 0 Å². The van der Waals surface area contributed by atoms with Gasteiger partial charge in [0.15, 0.2) is 0 Å². The van der Waals surface area contributed by atoms with E-state index in [2.05, 4.69) is 6.92 Å². The van der Waals surface area contributed by atoms with Crippen LogP contribution in [0, 0.1) is 5.92 Å². The first-order valence-electron chi connectivity index (χ1n) is 6.69. The molecule has 16 heavy (non-hydrogen) atoms. The number of aliphatic hydroxyl groups is 1. The van der Waals surface area contributed by atoms with Gasteiger partial charge in [-0.15, -0.1) is 0 Å². The highest BCUT2D eigenvalue weighted by Gasteiger charge is 2.24. The molecule has 1 aliphatic rings. The van der Waals surface area contributed by atoms with Crippen molar-refractivity contribution >= 4 is 5.91 Å². The molecule has 0 spiro atoms. The Morgan fingerprint density at radius 1 is 1.19 bits per heavy atom. The third-order valence-corrected chi connectivity index (χ3v) is 3.38. The standard InChI is InChI=1S/C13H25NO2/c1-2-9-14(10-11-15)13(16)12-7-5-3-4-6-8-12/h12,15H,2-11H2,1H3. The molecule has 1 fully saturated rings. The molecule has 0 aliphatic heterocycles. The van der Waals surface area contributed by atoms with Gasteiger partial charge in [-0.2, -0.15) is 0 Å². The van der Waals surface area contributed by atoms with Crippen molar-refractivity contribution < 1.29 is 9.90 Å². The van der Waals surface area contributed by atoms with E-state index in [1.54, 1.807) is 0 Å². The molecular formula is C13H25NO2. The summed E-state index contributed by atoms with van der Waals surface area (Å²) in [6.45, 7) is 3.45. The van der Waals surface area contributed by atoms with Gasteiger partial charge in [-0.05, 0) is 19.3 Å². The molecule has 0 bridgehead atoms. The zero-order valence-corrected chi connectivity index (χ0v) is 10.5. The summed E-state index contributed by atoms with van der Waals surface area (Å²) in [5.74, 6) is 0.499. The molecule has 1 aliphatic carbocycles. The van der Waals surface area contributed by atoms with Crippen LogP contribution >= 0.6 is 0 Å². The minimum Gasteiger partial charge on any atom is -0.395 e. The highest BCUT2D eigenvalue weighted by atomic mass is 16.3. The predicted octanol–water partition coefficient (Wildman–Crippen LogP) is 2.19. The van der Waals surface area contributed by atoms with Crippen LogP contribution in [0.2, 0.25) is 0 Å². The molecule has 0 aromatic heterocycles. The molecule has 0 unspecified atom stereocenters. The first kappa shape index (κ1) is 13.5. The summed E-state index contributed by atoms with van der Waals surface area (Å²) in [4.78, 5) is 14.1. The molecule has 0 saturated heterocycles. The molecular weight excluding hydrogens is 202 g/mol. The van der Waals surface area contributed by atoms with Crippen molar-refractivity contribution in [3.63, 3.8) is 0 Å². The number of carbonyl (C=O) groups excluding carboxylic acids is 1. The van der Waals surface area contributed by atoms with Gasteiger partial charge in [0, 0.05) is 19.0 Å². The molecule has 1 rings (SSSR count). The lowest BCUT2D eigenvalue weighted by Gasteiger charge is -2.25. The minimum absolute atomic E-state index is 0.0818. The van der Waals surface area contributed by atoms with Crippen LogP contribution < -0.4 is 0 Å². The van der Waals surface area contributed by atoms with Crippen LogP contribution in [0.3, 0.4) is 0 Å². The van der Waals surface area contributed by atoms with E-state index in [0.717, 1.165) is 25.8 Å². The Morgan fingerprint density at radius 2 is 1.81 bits per heavy atom. The molecule has 0 atom stereocenters. The van der Waals surface area contributed by atoms with Crippen LogP contribution in [0.15, 0.2) is 0 Å². The van der Waals surface area contributed by atoms with Crippen LogP contribution in [-0.4, -0.2) is 35.6 Å². The van der Waals surface area contributed by atoms with E-state index in [9.17, 15) is 4.79 Å². The zero-order chi connectivity index (χ0) is 11.8. The van der Waals surface area contributed by atoms with Gasteiger partial charge in [0.2, 0.25) is 5.91 Å². The summed E-state index contributed by atoms with van der Waals surface area (Å²) in [6, 6.07) is 0. The lowest BCUT2D eigenvalue weighted by Crippen LogP contribution is -2.38. The van der Waals surface area contributed by atoms with Crippen LogP contribution in [-0.2, 0) is 4.79 Å². The number of carbonyl (C=O) groups is 1. The van der Waals surface area contributed by atoms with Crippen LogP contribution in [0.25, 0.3) is 0 Å². The average Bonchev–Trinajstić information content (AvgIpc) is 2.56. The molecule has 3 heteroatoms. The summed E-state index contributed by atoms with van der Waals surface area (Å²) >= 11 is 0. The summed E-state index contributed by atoms with van der Waals surface area (Å²) in [6.07, 6.45) is 7.99. The second-order valence-electron chi connectivity index (χ2n) is 4.74. The third-order valence-electron chi connectivity index (χ3n) is 3.38. The van der Waals surface area contributed by atoms with Gasteiger partial charge < -0.3 is 10.0 Å². The number of hydrogen-bond donors (Lipinski definition) is 1. The quantitative estimate of drug-likeness (QED) is 0.731. The maximum atomic E-state index is 12.2. The second-order valence-corrected chi connectivity index (χ2v) is 4.74. The Hall–Kier alpha value is -0.570. The lowest BCUT2D eigenvalue weighted by atomic mass is 9.98. The van der Waals surface area contributed by atoms with E-state index in [4.69, 9.17) is 5.11 Å². The molecule has 1 saturated carbocycles. The SMILES string of the molecule is CCCN(CCO)C(=O)C1CCCCCC1. The lowest BCUT2D eigenvalue weighted by molar-refractivity contribution is -0.136. The van der Waals surface area contributed by atoms with Crippen molar-refractivity contribution in [2.45, 2.75) is 51.9 Å². The van der Waals surface area contributed by atoms with Crippen molar-refractivity contribution in [1.29, 1.82) is 0 Å². The van der Waals surface area contributed by atoms with Crippen LogP contribution in [0.4, 0.5) is 0 Å². The third kappa shape index (κ3) is 4.12. The van der Waals surface area contributed by atoms with Gasteiger partial charge in [-0.1, -0.05) is 32.6 Å².